The van der Waals surface area contributed by atoms with Gasteiger partial charge in [0.05, 0.1) is 10.9 Å². The van der Waals surface area contributed by atoms with E-state index in [2.05, 4.69) is 0 Å². The van der Waals surface area contributed by atoms with Crippen molar-refractivity contribution in [3.8, 4) is 5.75 Å². The van der Waals surface area contributed by atoms with E-state index in [-0.39, 0.29) is 11.3 Å². The molecule has 0 atom stereocenters. The second-order valence-electron chi connectivity index (χ2n) is 5.83. The average molecular weight is 368 g/mol. The van der Waals surface area contributed by atoms with Gasteiger partial charge < -0.3 is 14.6 Å². The van der Waals surface area contributed by atoms with Crippen molar-refractivity contribution >= 4 is 34.3 Å². The molecule has 0 aliphatic carbocycles. The molecule has 0 radical (unpaired) electrons. The Kier molecular flexibility index (Phi) is 5.04. The van der Waals surface area contributed by atoms with E-state index < -0.39 is 11.5 Å². The highest BCUT2D eigenvalue weighted by Gasteiger charge is 2.26. The van der Waals surface area contributed by atoms with E-state index in [0.717, 1.165) is 4.90 Å². The number of fused-ring (bicyclic) bond motifs is 1. The Morgan fingerprint density at radius 3 is 2.46 bits per heavy atom. The van der Waals surface area contributed by atoms with Crippen LogP contribution in [0.3, 0.4) is 0 Å². The number of nitrogens with zero attached hydrogens (tertiary/aromatic N) is 2. The molecule has 0 aliphatic rings. The summed E-state index contributed by atoms with van der Waals surface area (Å²) in [6.07, 6.45) is 1.89. The molecule has 3 aromatic rings. The number of aromatic hydroxyl groups is 1. The SMILES string of the molecule is CCN(C(=O)c1c(O)c2c(SC)cccc2n(C)c1=O)c1ccccc1. The van der Waals surface area contributed by atoms with Crippen LogP contribution < -0.4 is 10.5 Å². The number of hydrogen-bond acceptors (Lipinski definition) is 4. The van der Waals surface area contributed by atoms with Crippen molar-refractivity contribution in [2.24, 2.45) is 7.05 Å². The van der Waals surface area contributed by atoms with Gasteiger partial charge in [0.25, 0.3) is 11.5 Å². The molecule has 0 fully saturated rings. The maximum absolute atomic E-state index is 13.2. The third-order valence-corrected chi connectivity index (χ3v) is 5.20. The molecule has 6 heteroatoms. The number of hydrogen-bond donors (Lipinski definition) is 1. The van der Waals surface area contributed by atoms with Crippen LogP contribution in [0.2, 0.25) is 0 Å². The summed E-state index contributed by atoms with van der Waals surface area (Å²) in [7, 11) is 1.61. The highest BCUT2D eigenvalue weighted by atomic mass is 32.2. The van der Waals surface area contributed by atoms with Crippen molar-refractivity contribution in [1.82, 2.24) is 4.57 Å². The van der Waals surface area contributed by atoms with Crippen LogP contribution in [-0.2, 0) is 7.05 Å². The Labute approximate surface area is 155 Å². The van der Waals surface area contributed by atoms with Gasteiger partial charge >= 0.3 is 0 Å². The number of thioether (sulfide) groups is 1. The lowest BCUT2D eigenvalue weighted by atomic mass is 10.1. The summed E-state index contributed by atoms with van der Waals surface area (Å²) in [6, 6.07) is 14.6. The maximum atomic E-state index is 13.2. The van der Waals surface area contributed by atoms with Crippen molar-refractivity contribution in [3.63, 3.8) is 0 Å². The number of para-hydroxylation sites is 1. The first-order chi connectivity index (χ1) is 12.5. The van der Waals surface area contributed by atoms with E-state index in [0.29, 0.717) is 23.1 Å². The molecule has 0 saturated carbocycles. The molecule has 0 aliphatic heterocycles. The lowest BCUT2D eigenvalue weighted by Gasteiger charge is -2.22. The van der Waals surface area contributed by atoms with Crippen LogP contribution in [0, 0.1) is 0 Å². The zero-order valence-electron chi connectivity index (χ0n) is 14.9. The number of carbonyl (C=O) groups excluding carboxylic acids is 1. The lowest BCUT2D eigenvalue weighted by Crippen LogP contribution is -2.36. The fourth-order valence-electron chi connectivity index (χ4n) is 3.09. The summed E-state index contributed by atoms with van der Waals surface area (Å²) >= 11 is 1.46. The smallest absolute Gasteiger partial charge is 0.267 e. The van der Waals surface area contributed by atoms with Crippen LogP contribution in [-0.4, -0.2) is 28.4 Å². The normalized spacial score (nSPS) is 10.9. The van der Waals surface area contributed by atoms with E-state index in [1.165, 1.54) is 21.2 Å². The van der Waals surface area contributed by atoms with Crippen molar-refractivity contribution in [3.05, 3.63) is 64.4 Å². The predicted octanol–water partition coefficient (Wildman–Crippen LogP) is 3.63. The van der Waals surface area contributed by atoms with Gasteiger partial charge in [-0.1, -0.05) is 24.3 Å². The van der Waals surface area contributed by atoms with Crippen LogP contribution >= 0.6 is 11.8 Å². The van der Waals surface area contributed by atoms with E-state index in [9.17, 15) is 14.7 Å². The Bertz CT molecular complexity index is 1030. The van der Waals surface area contributed by atoms with Crippen molar-refractivity contribution in [2.75, 3.05) is 17.7 Å². The van der Waals surface area contributed by atoms with E-state index in [4.69, 9.17) is 0 Å². The van der Waals surface area contributed by atoms with Gasteiger partial charge in [-0.15, -0.1) is 11.8 Å². The largest absolute Gasteiger partial charge is 0.506 e. The monoisotopic (exact) mass is 368 g/mol. The van der Waals surface area contributed by atoms with Crippen LogP contribution in [0.25, 0.3) is 10.9 Å². The quantitative estimate of drug-likeness (QED) is 0.714. The third-order valence-electron chi connectivity index (χ3n) is 4.42. The van der Waals surface area contributed by atoms with Gasteiger partial charge in [-0.25, -0.2) is 0 Å². The second-order valence-corrected chi connectivity index (χ2v) is 6.68. The average Bonchev–Trinajstić information content (AvgIpc) is 2.67. The Morgan fingerprint density at radius 1 is 1.15 bits per heavy atom. The third kappa shape index (κ3) is 2.86. The van der Waals surface area contributed by atoms with Crippen molar-refractivity contribution < 1.29 is 9.90 Å². The number of benzene rings is 2. The van der Waals surface area contributed by atoms with Crippen molar-refractivity contribution in [2.45, 2.75) is 11.8 Å². The number of rotatable bonds is 4. The molecule has 0 saturated heterocycles. The number of aryl methyl sites for hydroxylation is 1. The second kappa shape index (κ2) is 7.25. The first-order valence-corrected chi connectivity index (χ1v) is 9.49. The molecule has 26 heavy (non-hydrogen) atoms. The molecule has 2 aromatic carbocycles. The summed E-state index contributed by atoms with van der Waals surface area (Å²) in [4.78, 5) is 28.3. The van der Waals surface area contributed by atoms with Gasteiger partial charge in [0, 0.05) is 24.2 Å². The topological polar surface area (TPSA) is 62.5 Å². The first kappa shape index (κ1) is 18.1. The van der Waals surface area contributed by atoms with Gasteiger partial charge in [0.15, 0.2) is 0 Å². The predicted molar refractivity (Wildman–Crippen MR) is 106 cm³/mol. The number of carbonyl (C=O) groups is 1. The van der Waals surface area contributed by atoms with Crippen LogP contribution in [0.4, 0.5) is 5.69 Å². The number of pyridine rings is 1. The minimum absolute atomic E-state index is 0.202. The van der Waals surface area contributed by atoms with Crippen molar-refractivity contribution in [1.29, 1.82) is 0 Å². The molecule has 0 bridgehead atoms. The molecule has 1 aromatic heterocycles. The first-order valence-electron chi connectivity index (χ1n) is 8.26. The van der Waals surface area contributed by atoms with Gasteiger partial charge in [0.2, 0.25) is 0 Å². The number of amides is 1. The van der Waals surface area contributed by atoms with Gasteiger partial charge in [-0.05, 0) is 37.4 Å². The van der Waals surface area contributed by atoms with E-state index in [1.807, 2.05) is 43.5 Å². The van der Waals surface area contributed by atoms with Gasteiger partial charge in [0.1, 0.15) is 11.3 Å². The van der Waals surface area contributed by atoms with Gasteiger partial charge in [-0.3, -0.25) is 9.59 Å². The molecule has 1 heterocycles. The zero-order chi connectivity index (χ0) is 18.8. The summed E-state index contributed by atoms with van der Waals surface area (Å²) in [6.45, 7) is 2.22. The number of aromatic nitrogens is 1. The Morgan fingerprint density at radius 2 is 1.85 bits per heavy atom. The maximum Gasteiger partial charge on any atom is 0.267 e. The molecule has 3 rings (SSSR count). The number of anilines is 1. The van der Waals surface area contributed by atoms with Gasteiger partial charge in [-0.2, -0.15) is 0 Å². The standard InChI is InChI=1S/C20H20N2O3S/c1-4-22(13-9-6-5-7-10-13)20(25)17-18(23)16-14(21(2)19(17)24)11-8-12-15(16)26-3/h5-12,23H,4H2,1-3H3. The van der Waals surface area contributed by atoms with E-state index in [1.54, 1.807) is 25.2 Å². The van der Waals surface area contributed by atoms with Crippen LogP contribution in [0.15, 0.2) is 58.2 Å². The lowest BCUT2D eigenvalue weighted by molar-refractivity contribution is 0.0984. The Hall–Kier alpha value is -2.73. The van der Waals surface area contributed by atoms with Crippen LogP contribution in [0.5, 0.6) is 5.75 Å². The fraction of sp³-hybridized carbons (Fsp3) is 0.200. The Balaban J connectivity index is 2.28. The molecule has 1 amide bonds. The highest BCUT2D eigenvalue weighted by molar-refractivity contribution is 7.98. The molecule has 5 nitrogen and oxygen atoms in total. The minimum Gasteiger partial charge on any atom is -0.506 e. The summed E-state index contributed by atoms with van der Waals surface area (Å²) < 4.78 is 1.42. The molecular formula is C20H20N2O3S. The zero-order valence-corrected chi connectivity index (χ0v) is 15.7. The fourth-order valence-corrected chi connectivity index (χ4v) is 3.71. The molecule has 0 unspecified atom stereocenters. The molecule has 1 N–H and O–H groups in total. The summed E-state index contributed by atoms with van der Waals surface area (Å²) in [5.41, 5.74) is 0.568. The molecular weight excluding hydrogens is 348 g/mol. The van der Waals surface area contributed by atoms with Crippen LogP contribution in [0.1, 0.15) is 17.3 Å². The molecule has 0 spiro atoms. The summed E-state index contributed by atoms with van der Waals surface area (Å²) in [5, 5.41) is 11.4. The molecule has 134 valence electrons. The highest BCUT2D eigenvalue weighted by Crippen LogP contribution is 2.34. The minimum atomic E-state index is -0.507. The van der Waals surface area contributed by atoms with E-state index >= 15 is 0 Å². The summed E-state index contributed by atoms with van der Waals surface area (Å²) in [5.74, 6) is -0.762.